The fourth-order valence-electron chi connectivity index (χ4n) is 2.10. The quantitative estimate of drug-likeness (QED) is 0.469. The van der Waals surface area contributed by atoms with Gasteiger partial charge < -0.3 is 35.2 Å². The summed E-state index contributed by atoms with van der Waals surface area (Å²) >= 11 is 0. The number of hydrogen-bond acceptors (Lipinski definition) is 7. The van der Waals surface area contributed by atoms with Gasteiger partial charge in [-0.2, -0.15) is 0 Å². The number of nitrogens with one attached hydrogen (secondary N) is 1. The van der Waals surface area contributed by atoms with Gasteiger partial charge in [-0.1, -0.05) is 0 Å². The third-order valence-electron chi connectivity index (χ3n) is 3.24. The fraction of sp³-hybridized carbons (Fsp3) is 0.429. The number of aliphatic hydroxyl groups excluding tert-OH is 3. The van der Waals surface area contributed by atoms with Crippen LogP contribution in [-0.4, -0.2) is 63.0 Å². The molecule has 0 unspecified atom stereocenters. The molecule has 126 valence electrons. The number of benzene rings is 1. The summed E-state index contributed by atoms with van der Waals surface area (Å²) in [4.78, 5) is 21.9. The molecule has 5 atom stereocenters. The third kappa shape index (κ3) is 3.96. The summed E-state index contributed by atoms with van der Waals surface area (Å²) in [5.74, 6) is -1.51. The maximum absolute atomic E-state index is 11.0. The molecule has 0 bridgehead atoms. The molecule has 1 aliphatic heterocycles. The van der Waals surface area contributed by atoms with Crippen LogP contribution in [0, 0.1) is 0 Å². The van der Waals surface area contributed by atoms with Gasteiger partial charge in [0.15, 0.2) is 6.10 Å². The van der Waals surface area contributed by atoms with Crippen LogP contribution in [0.15, 0.2) is 24.3 Å². The Morgan fingerprint density at radius 2 is 1.70 bits per heavy atom. The summed E-state index contributed by atoms with van der Waals surface area (Å²) in [7, 11) is 0. The number of anilines is 1. The average molecular weight is 327 g/mol. The Kier molecular flexibility index (Phi) is 5.16. The van der Waals surface area contributed by atoms with Crippen LogP contribution in [0.1, 0.15) is 6.92 Å². The van der Waals surface area contributed by atoms with Gasteiger partial charge in [0.05, 0.1) is 0 Å². The second-order valence-corrected chi connectivity index (χ2v) is 5.06. The molecule has 23 heavy (non-hydrogen) atoms. The highest BCUT2D eigenvalue weighted by molar-refractivity contribution is 5.88. The number of rotatable bonds is 4. The molecular weight excluding hydrogens is 310 g/mol. The van der Waals surface area contributed by atoms with Crippen LogP contribution < -0.4 is 10.1 Å². The SMILES string of the molecule is CC(=O)Nc1ccc(O[C@H]2O[C@H](C(=O)O)[C@@H](O)[C@@H](O)[C@H]2O)cc1. The van der Waals surface area contributed by atoms with Gasteiger partial charge in [-0.15, -0.1) is 0 Å². The standard InChI is InChI=1S/C14H17NO8/c1-6(16)15-7-2-4-8(5-3-7)22-14-11(19)9(17)10(18)12(23-14)13(20)21/h2-5,9-12,14,17-19H,1H3,(H,15,16)(H,20,21)/t9-,10+,11-,12+,14+/m1/s1. The van der Waals surface area contributed by atoms with Gasteiger partial charge >= 0.3 is 5.97 Å². The zero-order chi connectivity index (χ0) is 17.1. The Morgan fingerprint density at radius 1 is 1.09 bits per heavy atom. The number of aliphatic carboxylic acids is 1. The maximum atomic E-state index is 11.0. The summed E-state index contributed by atoms with van der Waals surface area (Å²) in [6.45, 7) is 1.36. The van der Waals surface area contributed by atoms with Crippen LogP contribution in [0.25, 0.3) is 0 Å². The first-order chi connectivity index (χ1) is 10.8. The maximum Gasteiger partial charge on any atom is 0.335 e. The molecule has 1 fully saturated rings. The molecule has 9 nitrogen and oxygen atoms in total. The molecular formula is C14H17NO8. The highest BCUT2D eigenvalue weighted by Gasteiger charge is 2.48. The third-order valence-corrected chi connectivity index (χ3v) is 3.24. The lowest BCUT2D eigenvalue weighted by Crippen LogP contribution is -2.61. The van der Waals surface area contributed by atoms with Crippen molar-refractivity contribution in [3.8, 4) is 5.75 Å². The molecule has 0 aliphatic carbocycles. The van der Waals surface area contributed by atoms with E-state index in [1.807, 2.05) is 0 Å². The largest absolute Gasteiger partial charge is 0.479 e. The predicted octanol–water partition coefficient (Wildman–Crippen LogP) is -1.08. The minimum atomic E-state index is -1.77. The number of carbonyl (C=O) groups is 2. The molecule has 1 saturated heterocycles. The first kappa shape index (κ1) is 17.2. The molecule has 1 aliphatic rings. The van der Waals surface area contributed by atoms with Crippen molar-refractivity contribution < 1.29 is 39.5 Å². The van der Waals surface area contributed by atoms with Crippen molar-refractivity contribution in [2.75, 3.05) is 5.32 Å². The van der Waals surface area contributed by atoms with E-state index in [2.05, 4.69) is 5.32 Å². The molecule has 5 N–H and O–H groups in total. The minimum absolute atomic E-state index is 0.218. The van der Waals surface area contributed by atoms with Gasteiger partial charge in [0.25, 0.3) is 0 Å². The second kappa shape index (κ2) is 6.92. The number of carboxylic acids is 1. The van der Waals surface area contributed by atoms with Crippen molar-refractivity contribution in [1.29, 1.82) is 0 Å². The summed E-state index contributed by atoms with van der Waals surface area (Å²) < 4.78 is 10.3. The van der Waals surface area contributed by atoms with Gasteiger partial charge in [-0.05, 0) is 24.3 Å². The lowest BCUT2D eigenvalue weighted by atomic mass is 9.99. The first-order valence-corrected chi connectivity index (χ1v) is 6.76. The van der Waals surface area contributed by atoms with Gasteiger partial charge in [-0.3, -0.25) is 4.79 Å². The molecule has 0 saturated carbocycles. The van der Waals surface area contributed by atoms with E-state index in [9.17, 15) is 24.9 Å². The van der Waals surface area contributed by atoms with Gasteiger partial charge in [0, 0.05) is 12.6 Å². The van der Waals surface area contributed by atoms with E-state index in [-0.39, 0.29) is 11.7 Å². The fourth-order valence-corrected chi connectivity index (χ4v) is 2.10. The molecule has 1 aromatic carbocycles. The Labute approximate surface area is 131 Å². The van der Waals surface area contributed by atoms with Crippen molar-refractivity contribution in [2.45, 2.75) is 37.6 Å². The number of ether oxygens (including phenoxy) is 2. The normalized spacial score (nSPS) is 30.5. The van der Waals surface area contributed by atoms with Gasteiger partial charge in [0.2, 0.25) is 12.2 Å². The second-order valence-electron chi connectivity index (χ2n) is 5.06. The van der Waals surface area contributed by atoms with Crippen molar-refractivity contribution in [3.05, 3.63) is 24.3 Å². The highest BCUT2D eigenvalue weighted by atomic mass is 16.7. The van der Waals surface area contributed by atoms with Gasteiger partial charge in [-0.25, -0.2) is 4.79 Å². The number of carbonyl (C=O) groups excluding carboxylic acids is 1. The van der Waals surface area contributed by atoms with Crippen LogP contribution in [0.5, 0.6) is 5.75 Å². The van der Waals surface area contributed by atoms with Crippen LogP contribution in [0.4, 0.5) is 5.69 Å². The summed E-state index contributed by atoms with van der Waals surface area (Å²) in [5.41, 5.74) is 0.522. The van der Waals surface area contributed by atoms with E-state index in [1.54, 1.807) is 0 Å². The molecule has 0 spiro atoms. The lowest BCUT2D eigenvalue weighted by Gasteiger charge is -2.38. The molecule has 1 heterocycles. The average Bonchev–Trinajstić information content (AvgIpc) is 2.48. The van der Waals surface area contributed by atoms with E-state index in [0.717, 1.165) is 0 Å². The number of amides is 1. The zero-order valence-electron chi connectivity index (χ0n) is 12.1. The van der Waals surface area contributed by atoms with Crippen LogP contribution in [0.2, 0.25) is 0 Å². The molecule has 1 amide bonds. The Morgan fingerprint density at radius 3 is 2.22 bits per heavy atom. The van der Waals surface area contributed by atoms with Crippen LogP contribution in [-0.2, 0) is 14.3 Å². The molecule has 0 radical (unpaired) electrons. The predicted molar refractivity (Wildman–Crippen MR) is 75.7 cm³/mol. The van der Waals surface area contributed by atoms with Crippen molar-refractivity contribution in [3.63, 3.8) is 0 Å². The lowest BCUT2D eigenvalue weighted by molar-refractivity contribution is -0.271. The molecule has 9 heteroatoms. The molecule has 2 rings (SSSR count). The van der Waals surface area contributed by atoms with E-state index < -0.39 is 36.7 Å². The monoisotopic (exact) mass is 327 g/mol. The molecule has 1 aromatic rings. The van der Waals surface area contributed by atoms with Crippen molar-refractivity contribution in [2.24, 2.45) is 0 Å². The van der Waals surface area contributed by atoms with Gasteiger partial charge in [0.1, 0.15) is 24.1 Å². The Hall–Kier alpha value is -2.20. The molecule has 0 aromatic heterocycles. The Bertz CT molecular complexity index is 575. The number of carboxylic acid groups (broad SMARTS) is 1. The minimum Gasteiger partial charge on any atom is -0.479 e. The first-order valence-electron chi connectivity index (χ1n) is 6.76. The van der Waals surface area contributed by atoms with Crippen LogP contribution >= 0.6 is 0 Å². The number of hydrogen-bond donors (Lipinski definition) is 5. The summed E-state index contributed by atoms with van der Waals surface area (Å²) in [5, 5.41) is 40.6. The van der Waals surface area contributed by atoms with E-state index in [0.29, 0.717) is 5.69 Å². The highest BCUT2D eigenvalue weighted by Crippen LogP contribution is 2.25. The van der Waals surface area contributed by atoms with E-state index in [4.69, 9.17) is 14.6 Å². The van der Waals surface area contributed by atoms with Crippen LogP contribution in [0.3, 0.4) is 0 Å². The van der Waals surface area contributed by atoms with E-state index in [1.165, 1.54) is 31.2 Å². The van der Waals surface area contributed by atoms with Crippen molar-refractivity contribution >= 4 is 17.6 Å². The van der Waals surface area contributed by atoms with E-state index >= 15 is 0 Å². The smallest absolute Gasteiger partial charge is 0.335 e. The zero-order valence-corrected chi connectivity index (χ0v) is 12.1. The summed E-state index contributed by atoms with van der Waals surface area (Å²) in [6.07, 6.45) is -8.33. The summed E-state index contributed by atoms with van der Waals surface area (Å²) in [6, 6.07) is 6.00. The topological polar surface area (TPSA) is 146 Å². The Balaban J connectivity index is 2.08. The van der Waals surface area contributed by atoms with Crippen molar-refractivity contribution in [1.82, 2.24) is 0 Å². The number of aliphatic hydroxyl groups is 3.